The van der Waals surface area contributed by atoms with Gasteiger partial charge in [0.25, 0.3) is 10.2 Å². The Labute approximate surface area is 140 Å². The fourth-order valence-corrected chi connectivity index (χ4v) is 4.50. The standard InChI is InChI=1S/C17H29N3O2S/c1-19(2)14-17(15-10-6-4-7-11-15)18-23(21,22)20(3)16-12-8-5-9-13-16/h4,6-7,10-11,16-18H,5,8-9,12-14H2,1-3H3. The first kappa shape index (κ1) is 18.4. The van der Waals surface area contributed by atoms with Crippen molar-refractivity contribution in [1.82, 2.24) is 13.9 Å². The van der Waals surface area contributed by atoms with Gasteiger partial charge in [-0.1, -0.05) is 49.6 Å². The third-order valence-electron chi connectivity index (χ3n) is 4.51. The molecule has 6 heteroatoms. The van der Waals surface area contributed by atoms with Crippen molar-refractivity contribution in [2.24, 2.45) is 0 Å². The molecule has 0 heterocycles. The van der Waals surface area contributed by atoms with Gasteiger partial charge in [-0.2, -0.15) is 17.4 Å². The molecule has 1 aromatic rings. The molecule has 1 unspecified atom stereocenters. The zero-order chi connectivity index (χ0) is 16.9. The average Bonchev–Trinajstić information content (AvgIpc) is 2.54. The highest BCUT2D eigenvalue weighted by atomic mass is 32.2. The fraction of sp³-hybridized carbons (Fsp3) is 0.647. The molecule has 5 nitrogen and oxygen atoms in total. The first-order chi connectivity index (χ1) is 10.9. The van der Waals surface area contributed by atoms with E-state index in [9.17, 15) is 8.42 Å². The van der Waals surface area contributed by atoms with E-state index in [-0.39, 0.29) is 12.1 Å². The number of hydrogen-bond donors (Lipinski definition) is 1. The highest BCUT2D eigenvalue weighted by Gasteiger charge is 2.30. The van der Waals surface area contributed by atoms with Crippen molar-refractivity contribution in [3.63, 3.8) is 0 Å². The van der Waals surface area contributed by atoms with Gasteiger partial charge in [-0.05, 0) is 32.5 Å². The first-order valence-electron chi connectivity index (χ1n) is 8.35. The number of likely N-dealkylation sites (N-methyl/N-ethyl adjacent to an activating group) is 1. The van der Waals surface area contributed by atoms with Gasteiger partial charge in [-0.25, -0.2) is 0 Å². The zero-order valence-corrected chi connectivity index (χ0v) is 15.2. The Morgan fingerprint density at radius 2 is 1.70 bits per heavy atom. The van der Waals surface area contributed by atoms with Gasteiger partial charge in [0.2, 0.25) is 0 Å². The molecule has 1 atom stereocenters. The normalized spacial score (nSPS) is 18.5. The molecule has 1 N–H and O–H groups in total. The van der Waals surface area contributed by atoms with Crippen LogP contribution in [-0.4, -0.2) is 51.4 Å². The number of benzene rings is 1. The molecule has 0 bridgehead atoms. The van der Waals surface area contributed by atoms with Crippen LogP contribution < -0.4 is 4.72 Å². The Kier molecular flexibility index (Phi) is 6.59. The largest absolute Gasteiger partial charge is 0.307 e. The van der Waals surface area contributed by atoms with Gasteiger partial charge in [-0.3, -0.25) is 0 Å². The Bertz CT molecular complexity index is 569. The van der Waals surface area contributed by atoms with Crippen molar-refractivity contribution in [2.45, 2.75) is 44.2 Å². The first-order valence-corrected chi connectivity index (χ1v) is 9.79. The maximum atomic E-state index is 12.8. The molecular weight excluding hydrogens is 310 g/mol. The maximum absolute atomic E-state index is 12.8. The summed E-state index contributed by atoms with van der Waals surface area (Å²) in [7, 11) is 2.12. The SMILES string of the molecule is CN(C)CC(NS(=O)(=O)N(C)C1CCCCC1)c1ccccc1. The van der Waals surface area contributed by atoms with E-state index in [1.165, 1.54) is 10.7 Å². The van der Waals surface area contributed by atoms with E-state index in [0.717, 1.165) is 31.2 Å². The molecule has 1 fully saturated rings. The van der Waals surface area contributed by atoms with Crippen LogP contribution in [0.1, 0.15) is 43.7 Å². The minimum Gasteiger partial charge on any atom is -0.307 e. The Morgan fingerprint density at radius 1 is 1.09 bits per heavy atom. The van der Waals surface area contributed by atoms with Gasteiger partial charge < -0.3 is 4.90 Å². The van der Waals surface area contributed by atoms with Crippen LogP contribution in [0.3, 0.4) is 0 Å². The lowest BCUT2D eigenvalue weighted by atomic mass is 9.96. The van der Waals surface area contributed by atoms with Crippen LogP contribution in [0.5, 0.6) is 0 Å². The molecule has 130 valence electrons. The maximum Gasteiger partial charge on any atom is 0.280 e. The second-order valence-corrected chi connectivity index (χ2v) is 8.42. The molecule has 0 aliphatic heterocycles. The van der Waals surface area contributed by atoms with Crippen molar-refractivity contribution in [1.29, 1.82) is 0 Å². The molecule has 1 aromatic carbocycles. The van der Waals surface area contributed by atoms with Crippen LogP contribution in [0.15, 0.2) is 30.3 Å². The summed E-state index contributed by atoms with van der Waals surface area (Å²) < 4.78 is 30.0. The molecule has 2 rings (SSSR count). The fourth-order valence-electron chi connectivity index (χ4n) is 3.17. The number of hydrogen-bond acceptors (Lipinski definition) is 3. The van der Waals surface area contributed by atoms with E-state index >= 15 is 0 Å². The number of nitrogens with one attached hydrogen (secondary N) is 1. The van der Waals surface area contributed by atoms with Crippen LogP contribution in [0.2, 0.25) is 0 Å². The van der Waals surface area contributed by atoms with E-state index in [1.54, 1.807) is 7.05 Å². The van der Waals surface area contributed by atoms with Crippen molar-refractivity contribution >= 4 is 10.2 Å². The van der Waals surface area contributed by atoms with Crippen LogP contribution in [0, 0.1) is 0 Å². The zero-order valence-electron chi connectivity index (χ0n) is 14.4. The molecule has 0 aromatic heterocycles. The van der Waals surface area contributed by atoms with Crippen molar-refractivity contribution in [3.05, 3.63) is 35.9 Å². The second-order valence-electron chi connectivity index (χ2n) is 6.66. The van der Waals surface area contributed by atoms with Gasteiger partial charge in [-0.15, -0.1) is 0 Å². The third kappa shape index (κ3) is 5.28. The van der Waals surface area contributed by atoms with Crippen LogP contribution in [0.25, 0.3) is 0 Å². The molecule has 23 heavy (non-hydrogen) atoms. The van der Waals surface area contributed by atoms with Gasteiger partial charge in [0.1, 0.15) is 0 Å². The lowest BCUT2D eigenvalue weighted by molar-refractivity contribution is 0.278. The summed E-state index contributed by atoms with van der Waals surface area (Å²) in [6.45, 7) is 0.627. The highest BCUT2D eigenvalue weighted by molar-refractivity contribution is 7.87. The van der Waals surface area contributed by atoms with Gasteiger partial charge >= 0.3 is 0 Å². The summed E-state index contributed by atoms with van der Waals surface area (Å²) in [6, 6.07) is 9.64. The minimum atomic E-state index is -3.50. The van der Waals surface area contributed by atoms with Crippen LogP contribution in [-0.2, 0) is 10.2 Å². The Morgan fingerprint density at radius 3 is 2.26 bits per heavy atom. The molecule has 1 aliphatic carbocycles. The molecule has 0 radical (unpaired) electrons. The third-order valence-corrected chi connectivity index (χ3v) is 6.15. The Hall–Kier alpha value is -0.950. The van der Waals surface area contributed by atoms with E-state index < -0.39 is 10.2 Å². The second kappa shape index (κ2) is 8.24. The van der Waals surface area contributed by atoms with Crippen molar-refractivity contribution < 1.29 is 8.42 Å². The van der Waals surface area contributed by atoms with Gasteiger partial charge in [0.15, 0.2) is 0 Å². The quantitative estimate of drug-likeness (QED) is 0.830. The van der Waals surface area contributed by atoms with E-state index in [1.807, 2.05) is 49.3 Å². The predicted molar refractivity (Wildman–Crippen MR) is 94.4 cm³/mol. The number of nitrogens with zero attached hydrogens (tertiary/aromatic N) is 2. The molecule has 1 saturated carbocycles. The van der Waals surface area contributed by atoms with E-state index in [0.29, 0.717) is 6.54 Å². The summed E-state index contributed by atoms with van der Waals surface area (Å²) in [5.41, 5.74) is 0.988. The summed E-state index contributed by atoms with van der Waals surface area (Å²) >= 11 is 0. The summed E-state index contributed by atoms with van der Waals surface area (Å²) in [5, 5.41) is 0. The van der Waals surface area contributed by atoms with E-state index in [2.05, 4.69) is 4.72 Å². The van der Waals surface area contributed by atoms with Crippen molar-refractivity contribution in [3.8, 4) is 0 Å². The molecule has 0 amide bonds. The molecular formula is C17H29N3O2S. The molecule has 0 spiro atoms. The average molecular weight is 340 g/mol. The lowest BCUT2D eigenvalue weighted by Crippen LogP contribution is -2.47. The van der Waals surface area contributed by atoms with Gasteiger partial charge in [0.05, 0.1) is 6.04 Å². The predicted octanol–water partition coefficient (Wildman–Crippen LogP) is 2.39. The van der Waals surface area contributed by atoms with Gasteiger partial charge in [0, 0.05) is 19.6 Å². The topological polar surface area (TPSA) is 52.7 Å². The smallest absolute Gasteiger partial charge is 0.280 e. The monoisotopic (exact) mass is 339 g/mol. The van der Waals surface area contributed by atoms with E-state index in [4.69, 9.17) is 0 Å². The Balaban J connectivity index is 2.13. The summed E-state index contributed by atoms with van der Waals surface area (Å²) in [4.78, 5) is 2.00. The summed E-state index contributed by atoms with van der Waals surface area (Å²) in [5.74, 6) is 0. The lowest BCUT2D eigenvalue weighted by Gasteiger charge is -2.32. The summed E-state index contributed by atoms with van der Waals surface area (Å²) in [6.07, 6.45) is 5.36. The minimum absolute atomic E-state index is 0.122. The molecule has 0 saturated heterocycles. The van der Waals surface area contributed by atoms with Crippen LogP contribution >= 0.6 is 0 Å². The van der Waals surface area contributed by atoms with Crippen molar-refractivity contribution in [2.75, 3.05) is 27.7 Å². The number of rotatable bonds is 7. The highest BCUT2D eigenvalue weighted by Crippen LogP contribution is 2.24. The molecule has 1 aliphatic rings. The van der Waals surface area contributed by atoms with Crippen LogP contribution in [0.4, 0.5) is 0 Å².